The molecule has 0 fully saturated rings. The Kier molecular flexibility index (Phi) is 5.40. The van der Waals surface area contributed by atoms with E-state index in [0.717, 1.165) is 5.56 Å². The Labute approximate surface area is 124 Å². The van der Waals surface area contributed by atoms with E-state index in [1.165, 1.54) is 12.4 Å². The molecule has 1 unspecified atom stereocenters. The molecule has 5 nitrogen and oxygen atoms in total. The lowest BCUT2D eigenvalue weighted by atomic mass is 10.1. The third-order valence-corrected chi connectivity index (χ3v) is 3.24. The first-order chi connectivity index (χ1) is 10.2. The van der Waals surface area contributed by atoms with E-state index in [0.29, 0.717) is 25.1 Å². The minimum Gasteiger partial charge on any atom is -0.391 e. The Balaban J connectivity index is 2.17. The maximum absolute atomic E-state index is 12.5. The molecule has 1 amide bonds. The summed E-state index contributed by atoms with van der Waals surface area (Å²) in [4.78, 5) is 14.2. The summed E-state index contributed by atoms with van der Waals surface area (Å²) in [7, 11) is 0. The molecule has 0 aliphatic carbocycles. The van der Waals surface area contributed by atoms with Crippen LogP contribution in [0.5, 0.6) is 0 Å². The third kappa shape index (κ3) is 4.36. The molecule has 1 heterocycles. The zero-order chi connectivity index (χ0) is 15.1. The molecular formula is C16H19N3O2. The molecule has 0 saturated carbocycles. The minimum absolute atomic E-state index is 0.152. The molecule has 1 atom stereocenters. The first-order valence-electron chi connectivity index (χ1n) is 6.98. The Hall–Kier alpha value is -2.27. The number of aliphatic hydroxyl groups is 1. The lowest BCUT2D eigenvalue weighted by Gasteiger charge is -2.25. The molecule has 1 aromatic carbocycles. The van der Waals surface area contributed by atoms with Gasteiger partial charge in [0.25, 0.3) is 5.91 Å². The largest absolute Gasteiger partial charge is 0.391 e. The Morgan fingerprint density at radius 1 is 1.24 bits per heavy atom. The molecule has 0 spiro atoms. The fourth-order valence-electron chi connectivity index (χ4n) is 2.01. The van der Waals surface area contributed by atoms with Crippen molar-refractivity contribution >= 4 is 5.91 Å². The van der Waals surface area contributed by atoms with E-state index < -0.39 is 6.10 Å². The number of aromatic nitrogens is 2. The van der Waals surface area contributed by atoms with Crippen molar-refractivity contribution in [1.29, 1.82) is 0 Å². The van der Waals surface area contributed by atoms with Crippen LogP contribution >= 0.6 is 0 Å². The summed E-state index contributed by atoms with van der Waals surface area (Å²) in [6, 6.07) is 11.4. The monoisotopic (exact) mass is 285 g/mol. The van der Waals surface area contributed by atoms with Gasteiger partial charge in [-0.15, -0.1) is 0 Å². The highest BCUT2D eigenvalue weighted by Gasteiger charge is 2.19. The number of carbonyl (C=O) groups excluding carboxylic acids is 1. The standard InChI is InChI=1S/C16H19N3O2/c1-2-15(20)12-19(11-13-6-4-3-5-7-13)16(21)14-8-9-17-18-10-14/h3-10,15,20H,2,11-12H2,1H3. The van der Waals surface area contributed by atoms with Crippen LogP contribution < -0.4 is 0 Å². The predicted octanol–water partition coefficient (Wildman–Crippen LogP) is 1.89. The van der Waals surface area contributed by atoms with E-state index in [1.54, 1.807) is 11.0 Å². The van der Waals surface area contributed by atoms with E-state index in [-0.39, 0.29) is 5.91 Å². The fraction of sp³-hybridized carbons (Fsp3) is 0.312. The van der Waals surface area contributed by atoms with Crippen LogP contribution in [-0.2, 0) is 6.54 Å². The van der Waals surface area contributed by atoms with E-state index in [2.05, 4.69) is 10.2 Å². The third-order valence-electron chi connectivity index (χ3n) is 3.24. The van der Waals surface area contributed by atoms with Gasteiger partial charge in [-0.3, -0.25) is 4.79 Å². The van der Waals surface area contributed by atoms with E-state index in [4.69, 9.17) is 0 Å². The van der Waals surface area contributed by atoms with Crippen LogP contribution in [0.4, 0.5) is 0 Å². The lowest BCUT2D eigenvalue weighted by Crippen LogP contribution is -2.37. The smallest absolute Gasteiger partial charge is 0.255 e. The number of nitrogens with zero attached hydrogens (tertiary/aromatic N) is 3. The van der Waals surface area contributed by atoms with Crippen molar-refractivity contribution in [3.05, 3.63) is 59.9 Å². The molecule has 0 saturated heterocycles. The molecule has 5 heteroatoms. The quantitative estimate of drug-likeness (QED) is 0.880. The van der Waals surface area contributed by atoms with Gasteiger partial charge < -0.3 is 10.0 Å². The number of aliphatic hydroxyl groups excluding tert-OH is 1. The molecule has 0 bridgehead atoms. The predicted molar refractivity (Wildman–Crippen MR) is 79.5 cm³/mol. The number of hydrogen-bond donors (Lipinski definition) is 1. The Bertz CT molecular complexity index is 560. The summed E-state index contributed by atoms with van der Waals surface area (Å²) >= 11 is 0. The highest BCUT2D eigenvalue weighted by Crippen LogP contribution is 2.10. The van der Waals surface area contributed by atoms with Gasteiger partial charge in [-0.05, 0) is 18.1 Å². The van der Waals surface area contributed by atoms with Crippen LogP contribution in [0.3, 0.4) is 0 Å². The zero-order valence-electron chi connectivity index (χ0n) is 12.0. The average Bonchev–Trinajstić information content (AvgIpc) is 2.55. The van der Waals surface area contributed by atoms with E-state index in [1.807, 2.05) is 37.3 Å². The molecule has 2 aromatic rings. The molecular weight excluding hydrogens is 266 g/mol. The van der Waals surface area contributed by atoms with Gasteiger partial charge in [0, 0.05) is 13.1 Å². The summed E-state index contributed by atoms with van der Waals surface area (Å²) in [6.45, 7) is 2.65. The van der Waals surface area contributed by atoms with Crippen LogP contribution in [0, 0.1) is 0 Å². The summed E-state index contributed by atoms with van der Waals surface area (Å²) in [6.07, 6.45) is 3.00. The molecule has 1 aromatic heterocycles. The molecule has 2 rings (SSSR count). The number of rotatable bonds is 6. The number of carbonyl (C=O) groups is 1. The van der Waals surface area contributed by atoms with Gasteiger partial charge in [0.05, 0.1) is 24.1 Å². The SMILES string of the molecule is CCC(O)CN(Cc1ccccc1)C(=O)c1ccnnc1. The van der Waals surface area contributed by atoms with Crippen LogP contribution in [0.1, 0.15) is 29.3 Å². The Morgan fingerprint density at radius 3 is 2.62 bits per heavy atom. The molecule has 0 aliphatic heterocycles. The first-order valence-corrected chi connectivity index (χ1v) is 6.98. The maximum Gasteiger partial charge on any atom is 0.255 e. The van der Waals surface area contributed by atoms with Gasteiger partial charge in [0.2, 0.25) is 0 Å². The zero-order valence-corrected chi connectivity index (χ0v) is 12.0. The first kappa shape index (κ1) is 15.1. The summed E-state index contributed by atoms with van der Waals surface area (Å²) in [5, 5.41) is 17.3. The second kappa shape index (κ2) is 7.50. The van der Waals surface area contributed by atoms with Crippen LogP contribution in [0.2, 0.25) is 0 Å². The summed E-state index contributed by atoms with van der Waals surface area (Å²) < 4.78 is 0. The normalized spacial score (nSPS) is 11.9. The maximum atomic E-state index is 12.5. The van der Waals surface area contributed by atoms with Crippen molar-refractivity contribution in [1.82, 2.24) is 15.1 Å². The van der Waals surface area contributed by atoms with Crippen LogP contribution in [-0.4, -0.2) is 38.8 Å². The van der Waals surface area contributed by atoms with Gasteiger partial charge in [-0.1, -0.05) is 37.3 Å². The molecule has 1 N–H and O–H groups in total. The van der Waals surface area contributed by atoms with Crippen molar-refractivity contribution in [3.63, 3.8) is 0 Å². The number of amides is 1. The summed E-state index contributed by atoms with van der Waals surface area (Å²) in [5.41, 5.74) is 1.50. The molecule has 21 heavy (non-hydrogen) atoms. The van der Waals surface area contributed by atoms with Gasteiger partial charge in [0.15, 0.2) is 0 Å². The van der Waals surface area contributed by atoms with Gasteiger partial charge in [-0.25, -0.2) is 0 Å². The molecule has 110 valence electrons. The average molecular weight is 285 g/mol. The minimum atomic E-state index is -0.535. The number of hydrogen-bond acceptors (Lipinski definition) is 4. The fourth-order valence-corrected chi connectivity index (χ4v) is 2.01. The van der Waals surface area contributed by atoms with Crippen LogP contribution in [0.25, 0.3) is 0 Å². The second-order valence-electron chi connectivity index (χ2n) is 4.86. The highest BCUT2D eigenvalue weighted by molar-refractivity contribution is 5.93. The Morgan fingerprint density at radius 2 is 2.00 bits per heavy atom. The van der Waals surface area contributed by atoms with Crippen molar-refractivity contribution in [2.24, 2.45) is 0 Å². The van der Waals surface area contributed by atoms with Crippen LogP contribution in [0.15, 0.2) is 48.8 Å². The van der Waals surface area contributed by atoms with Gasteiger partial charge in [0.1, 0.15) is 0 Å². The molecule has 0 radical (unpaired) electrons. The van der Waals surface area contributed by atoms with E-state index >= 15 is 0 Å². The summed E-state index contributed by atoms with van der Waals surface area (Å²) in [5.74, 6) is -0.152. The van der Waals surface area contributed by atoms with Gasteiger partial charge >= 0.3 is 0 Å². The number of benzene rings is 1. The topological polar surface area (TPSA) is 66.3 Å². The molecule has 0 aliphatic rings. The van der Waals surface area contributed by atoms with Crippen molar-refractivity contribution < 1.29 is 9.90 Å². The van der Waals surface area contributed by atoms with E-state index in [9.17, 15) is 9.90 Å². The van der Waals surface area contributed by atoms with Gasteiger partial charge in [-0.2, -0.15) is 10.2 Å². The van der Waals surface area contributed by atoms with Crippen molar-refractivity contribution in [3.8, 4) is 0 Å². The highest BCUT2D eigenvalue weighted by atomic mass is 16.3. The lowest BCUT2D eigenvalue weighted by molar-refractivity contribution is 0.0598. The second-order valence-corrected chi connectivity index (χ2v) is 4.86. The van der Waals surface area contributed by atoms with Crippen molar-refractivity contribution in [2.45, 2.75) is 26.0 Å². The van der Waals surface area contributed by atoms with Crippen molar-refractivity contribution in [2.75, 3.05) is 6.54 Å².